The number of amides is 1. The quantitative estimate of drug-likeness (QED) is 0.522. The fourth-order valence-electron chi connectivity index (χ4n) is 2.75. The van der Waals surface area contributed by atoms with Gasteiger partial charge in [-0.15, -0.1) is 0 Å². The molecule has 0 atom stereocenters. The van der Waals surface area contributed by atoms with Gasteiger partial charge in [-0.25, -0.2) is 9.37 Å². The summed E-state index contributed by atoms with van der Waals surface area (Å²) in [5.41, 5.74) is 1.91. The van der Waals surface area contributed by atoms with Crippen LogP contribution in [0.1, 0.15) is 22.1 Å². The summed E-state index contributed by atoms with van der Waals surface area (Å²) in [6.45, 7) is 2.08. The largest absolute Gasteiger partial charge is 0.352 e. The maximum atomic E-state index is 13.0. The molecule has 0 saturated carbocycles. The van der Waals surface area contributed by atoms with Gasteiger partial charge in [0, 0.05) is 36.6 Å². The smallest absolute Gasteiger partial charge is 0.251 e. The second kappa shape index (κ2) is 8.01. The number of nitrogens with one attached hydrogen (secondary N) is 2. The Hall–Kier alpha value is -3.88. The van der Waals surface area contributed by atoms with Crippen LogP contribution in [-0.4, -0.2) is 37.8 Å². The van der Waals surface area contributed by atoms with E-state index in [1.165, 1.54) is 12.1 Å². The Morgan fingerprint density at radius 1 is 1.10 bits per heavy atom. The van der Waals surface area contributed by atoms with Crippen LogP contribution in [0.3, 0.4) is 0 Å². The molecule has 9 heteroatoms. The van der Waals surface area contributed by atoms with Crippen LogP contribution >= 0.6 is 0 Å². The summed E-state index contributed by atoms with van der Waals surface area (Å²) in [4.78, 5) is 21.0. The summed E-state index contributed by atoms with van der Waals surface area (Å²) in [6.07, 6.45) is 0.476. The zero-order valence-electron chi connectivity index (χ0n) is 15.5. The topological polar surface area (TPSA) is 110 Å². The summed E-state index contributed by atoms with van der Waals surface area (Å²) in [5.74, 6) is 1.47. The Labute approximate surface area is 165 Å². The molecule has 4 aromatic rings. The third-order valence-electron chi connectivity index (χ3n) is 4.19. The molecule has 0 unspecified atom stereocenters. The third kappa shape index (κ3) is 4.34. The molecule has 8 nitrogen and oxygen atoms in total. The van der Waals surface area contributed by atoms with E-state index in [4.69, 9.17) is 4.52 Å². The SMILES string of the molecule is Cc1nc(-c2cccc(C(=O)NCCc3nc(-c4ccc(F)cc4)n[nH]3)c2)no1. The van der Waals surface area contributed by atoms with Crippen molar-refractivity contribution in [1.82, 2.24) is 30.6 Å². The molecule has 4 rings (SSSR count). The molecular formula is C20H17FN6O2. The fourth-order valence-corrected chi connectivity index (χ4v) is 2.75. The molecule has 29 heavy (non-hydrogen) atoms. The van der Waals surface area contributed by atoms with Gasteiger partial charge in [0.1, 0.15) is 11.6 Å². The second-order valence-electron chi connectivity index (χ2n) is 6.34. The summed E-state index contributed by atoms with van der Waals surface area (Å²) in [7, 11) is 0. The van der Waals surface area contributed by atoms with Crippen molar-refractivity contribution in [1.29, 1.82) is 0 Å². The van der Waals surface area contributed by atoms with E-state index >= 15 is 0 Å². The predicted octanol–water partition coefficient (Wildman–Crippen LogP) is 2.94. The fraction of sp³-hybridized carbons (Fsp3) is 0.150. The molecule has 2 aromatic carbocycles. The van der Waals surface area contributed by atoms with Crippen LogP contribution in [-0.2, 0) is 6.42 Å². The summed E-state index contributed by atoms with van der Waals surface area (Å²) >= 11 is 0. The van der Waals surface area contributed by atoms with Crippen LogP contribution in [0.4, 0.5) is 4.39 Å². The highest BCUT2D eigenvalue weighted by atomic mass is 19.1. The molecule has 2 aromatic heterocycles. The molecular weight excluding hydrogens is 375 g/mol. The van der Waals surface area contributed by atoms with E-state index < -0.39 is 0 Å². The molecule has 0 fully saturated rings. The maximum Gasteiger partial charge on any atom is 0.251 e. The Morgan fingerprint density at radius 2 is 1.93 bits per heavy atom. The molecule has 0 aliphatic heterocycles. The lowest BCUT2D eigenvalue weighted by atomic mass is 10.1. The van der Waals surface area contributed by atoms with Crippen LogP contribution < -0.4 is 5.32 Å². The number of hydrogen-bond donors (Lipinski definition) is 2. The van der Waals surface area contributed by atoms with Crippen molar-refractivity contribution in [2.75, 3.05) is 6.54 Å². The second-order valence-corrected chi connectivity index (χ2v) is 6.34. The van der Waals surface area contributed by atoms with Gasteiger partial charge < -0.3 is 9.84 Å². The van der Waals surface area contributed by atoms with Gasteiger partial charge in [-0.05, 0) is 36.4 Å². The number of benzene rings is 2. The minimum absolute atomic E-state index is 0.217. The lowest BCUT2D eigenvalue weighted by molar-refractivity contribution is 0.0954. The number of aromatic nitrogens is 5. The Balaban J connectivity index is 1.35. The number of rotatable bonds is 6. The lowest BCUT2D eigenvalue weighted by Crippen LogP contribution is -2.26. The number of H-pyrrole nitrogens is 1. The normalized spacial score (nSPS) is 10.8. The number of aryl methyl sites for hydroxylation is 1. The van der Waals surface area contributed by atoms with Crippen LogP contribution in [0.15, 0.2) is 53.1 Å². The first-order valence-electron chi connectivity index (χ1n) is 8.94. The van der Waals surface area contributed by atoms with E-state index in [1.807, 2.05) is 6.07 Å². The van der Waals surface area contributed by atoms with Gasteiger partial charge in [0.15, 0.2) is 5.82 Å². The molecule has 0 spiro atoms. The maximum absolute atomic E-state index is 13.0. The number of nitrogens with zero attached hydrogens (tertiary/aromatic N) is 4. The van der Waals surface area contributed by atoms with E-state index in [-0.39, 0.29) is 11.7 Å². The molecule has 0 saturated heterocycles. The zero-order valence-corrected chi connectivity index (χ0v) is 15.5. The lowest BCUT2D eigenvalue weighted by Gasteiger charge is -2.05. The van der Waals surface area contributed by atoms with E-state index in [0.717, 1.165) is 0 Å². The van der Waals surface area contributed by atoms with E-state index in [1.54, 1.807) is 37.3 Å². The minimum Gasteiger partial charge on any atom is -0.352 e. The average Bonchev–Trinajstić information content (AvgIpc) is 3.38. The standard InChI is InChI=1S/C20H17FN6O2/c1-12-23-19(27-29-12)14-3-2-4-15(11-14)20(28)22-10-9-17-24-18(26-25-17)13-5-7-16(21)8-6-13/h2-8,11H,9-10H2,1H3,(H,22,28)(H,24,25,26). The van der Waals surface area contributed by atoms with Gasteiger partial charge in [0.25, 0.3) is 5.91 Å². The molecule has 2 N–H and O–H groups in total. The highest BCUT2D eigenvalue weighted by Gasteiger charge is 2.11. The van der Waals surface area contributed by atoms with Gasteiger partial charge in [-0.1, -0.05) is 17.3 Å². The minimum atomic E-state index is -0.314. The molecule has 0 bridgehead atoms. The number of aromatic amines is 1. The Morgan fingerprint density at radius 3 is 2.69 bits per heavy atom. The van der Waals surface area contributed by atoms with Crippen molar-refractivity contribution in [2.24, 2.45) is 0 Å². The van der Waals surface area contributed by atoms with Crippen molar-refractivity contribution in [3.05, 3.63) is 71.6 Å². The van der Waals surface area contributed by atoms with Crippen LogP contribution in [0.25, 0.3) is 22.8 Å². The van der Waals surface area contributed by atoms with Gasteiger partial charge in [-0.3, -0.25) is 9.89 Å². The number of halogens is 1. The number of hydrogen-bond acceptors (Lipinski definition) is 6. The van der Waals surface area contributed by atoms with Gasteiger partial charge in [0.05, 0.1) is 0 Å². The van der Waals surface area contributed by atoms with Crippen molar-refractivity contribution >= 4 is 5.91 Å². The Bertz CT molecular complexity index is 1140. The first kappa shape index (κ1) is 18.5. The van der Waals surface area contributed by atoms with E-state index in [9.17, 15) is 9.18 Å². The summed E-state index contributed by atoms with van der Waals surface area (Å²) in [5, 5.41) is 13.7. The monoisotopic (exact) mass is 392 g/mol. The van der Waals surface area contributed by atoms with E-state index in [0.29, 0.717) is 53.0 Å². The molecule has 0 aliphatic rings. The number of carbonyl (C=O) groups is 1. The van der Waals surface area contributed by atoms with Crippen LogP contribution in [0.5, 0.6) is 0 Å². The summed E-state index contributed by atoms with van der Waals surface area (Å²) in [6, 6.07) is 12.9. The molecule has 146 valence electrons. The van der Waals surface area contributed by atoms with Crippen molar-refractivity contribution in [2.45, 2.75) is 13.3 Å². The summed E-state index contributed by atoms with van der Waals surface area (Å²) < 4.78 is 18.0. The number of carbonyl (C=O) groups excluding carboxylic acids is 1. The van der Waals surface area contributed by atoms with Gasteiger partial charge in [-0.2, -0.15) is 10.1 Å². The zero-order chi connectivity index (χ0) is 20.2. The molecule has 0 aliphatic carbocycles. The van der Waals surface area contributed by atoms with Crippen molar-refractivity contribution in [3.63, 3.8) is 0 Å². The average molecular weight is 392 g/mol. The van der Waals surface area contributed by atoms with Crippen molar-refractivity contribution in [3.8, 4) is 22.8 Å². The first-order valence-corrected chi connectivity index (χ1v) is 8.94. The van der Waals surface area contributed by atoms with Crippen molar-refractivity contribution < 1.29 is 13.7 Å². The third-order valence-corrected chi connectivity index (χ3v) is 4.19. The van der Waals surface area contributed by atoms with Crippen LogP contribution in [0, 0.1) is 12.7 Å². The predicted molar refractivity (Wildman–Crippen MR) is 102 cm³/mol. The van der Waals surface area contributed by atoms with E-state index in [2.05, 4.69) is 30.6 Å². The Kier molecular flexibility index (Phi) is 5.10. The first-order chi connectivity index (χ1) is 14.1. The van der Waals surface area contributed by atoms with Gasteiger partial charge in [0.2, 0.25) is 11.7 Å². The highest BCUT2D eigenvalue weighted by Crippen LogP contribution is 2.17. The molecule has 1 amide bonds. The van der Waals surface area contributed by atoms with Crippen LogP contribution in [0.2, 0.25) is 0 Å². The molecule has 2 heterocycles. The molecule has 0 radical (unpaired) electrons. The van der Waals surface area contributed by atoms with Gasteiger partial charge >= 0.3 is 0 Å². The highest BCUT2D eigenvalue weighted by molar-refractivity contribution is 5.95.